The van der Waals surface area contributed by atoms with Crippen LogP contribution in [0.15, 0.2) is 53.2 Å². The van der Waals surface area contributed by atoms with E-state index in [2.05, 4.69) is 4.99 Å². The first-order valence-electron chi connectivity index (χ1n) is 15.8. The van der Waals surface area contributed by atoms with Gasteiger partial charge in [0, 0.05) is 34.2 Å². The van der Waals surface area contributed by atoms with Crippen LogP contribution < -0.4 is 14.2 Å². The van der Waals surface area contributed by atoms with Gasteiger partial charge in [-0.25, -0.2) is 4.99 Å². The van der Waals surface area contributed by atoms with Crippen molar-refractivity contribution in [2.45, 2.75) is 64.0 Å². The molecule has 0 unspecified atom stereocenters. The van der Waals surface area contributed by atoms with Gasteiger partial charge in [0.1, 0.15) is 18.4 Å². The number of rotatable bonds is 13. The Balaban J connectivity index is 1.79. The maximum atomic E-state index is 14.0. The minimum atomic E-state index is -1.38. The molecular formula is C35H40N2O13S. The molecule has 5 atom stereocenters. The van der Waals surface area contributed by atoms with Crippen molar-refractivity contribution >= 4 is 52.8 Å². The van der Waals surface area contributed by atoms with Crippen LogP contribution in [0.5, 0.6) is 17.2 Å². The predicted molar refractivity (Wildman–Crippen MR) is 183 cm³/mol. The van der Waals surface area contributed by atoms with Gasteiger partial charge in [-0.1, -0.05) is 42.1 Å². The van der Waals surface area contributed by atoms with Gasteiger partial charge < -0.3 is 37.9 Å². The number of hydrogen-bond acceptors (Lipinski definition) is 15. The van der Waals surface area contributed by atoms with Gasteiger partial charge in [-0.15, -0.1) is 0 Å². The molecule has 0 N–H and O–H groups in total. The summed E-state index contributed by atoms with van der Waals surface area (Å²) < 4.78 is 44.5. The number of carbonyl (C=O) groups is 5. The number of methoxy groups -OCH3 is 3. The maximum absolute atomic E-state index is 14.0. The summed E-state index contributed by atoms with van der Waals surface area (Å²) in [6, 6.07) is 12.8. The zero-order valence-electron chi connectivity index (χ0n) is 29.2. The summed E-state index contributed by atoms with van der Waals surface area (Å²) in [6.45, 7) is 4.42. The van der Waals surface area contributed by atoms with Crippen molar-refractivity contribution in [3.8, 4) is 17.2 Å². The van der Waals surface area contributed by atoms with Gasteiger partial charge in [0.15, 0.2) is 40.4 Å². The molecule has 0 aliphatic carbocycles. The summed E-state index contributed by atoms with van der Waals surface area (Å²) >= 11 is 0.924. The number of amides is 1. The molecule has 1 saturated heterocycles. The van der Waals surface area contributed by atoms with E-state index in [-0.39, 0.29) is 17.4 Å². The molecule has 1 fully saturated rings. The summed E-state index contributed by atoms with van der Waals surface area (Å²) in [7, 11) is 4.42. The second-order valence-electron chi connectivity index (χ2n) is 11.3. The Morgan fingerprint density at radius 3 is 1.96 bits per heavy atom. The lowest BCUT2D eigenvalue weighted by molar-refractivity contribution is -0.237. The number of nitrogens with zero attached hydrogens (tertiary/aromatic N) is 2. The van der Waals surface area contributed by atoms with E-state index < -0.39 is 66.2 Å². The van der Waals surface area contributed by atoms with Crippen LogP contribution >= 0.6 is 11.8 Å². The summed E-state index contributed by atoms with van der Waals surface area (Å²) in [6.07, 6.45) is -3.22. The van der Waals surface area contributed by atoms with Crippen LogP contribution in [0.2, 0.25) is 0 Å². The average Bonchev–Trinajstić information content (AvgIpc) is 3.37. The molecule has 2 heterocycles. The van der Waals surface area contributed by atoms with E-state index in [9.17, 15) is 24.0 Å². The van der Waals surface area contributed by atoms with E-state index in [0.29, 0.717) is 29.2 Å². The summed E-state index contributed by atoms with van der Waals surface area (Å²) in [5.74, 6) is -2.24. The van der Waals surface area contributed by atoms with Crippen LogP contribution in [0.25, 0.3) is 6.08 Å². The first-order valence-corrected chi connectivity index (χ1v) is 16.7. The molecule has 4 rings (SSSR count). The fraction of sp³-hybridized carbons (Fsp3) is 0.429. The van der Waals surface area contributed by atoms with E-state index in [1.165, 1.54) is 33.2 Å². The molecule has 0 radical (unpaired) electrons. The van der Waals surface area contributed by atoms with Crippen LogP contribution in [0.1, 0.15) is 38.8 Å². The van der Waals surface area contributed by atoms with E-state index in [4.69, 9.17) is 37.9 Å². The Kier molecular flexibility index (Phi) is 13.4. The standard InChI is InChI=1S/C35H40N2O13S/c1-19(38)46-18-28-30(47-20(2)39)31(48-21(3)40)32(49-22(4)41)34(50-28)51-35-36-25(33(42)37(35)14-13-23-11-9-8-10-12-23)15-24-16-26(43-5)29(45-7)27(17-24)44-6/h8-12,15-17,28,30-32,34H,13-14,18H2,1-7H3/b25-15-/t28-,30-,31+,32-,34+/m1/s1. The molecule has 0 saturated carbocycles. The largest absolute Gasteiger partial charge is 0.493 e. The first kappa shape index (κ1) is 38.7. The Morgan fingerprint density at radius 2 is 1.41 bits per heavy atom. The van der Waals surface area contributed by atoms with Crippen molar-refractivity contribution in [1.82, 2.24) is 4.90 Å². The van der Waals surface area contributed by atoms with Gasteiger partial charge in [-0.2, -0.15) is 0 Å². The van der Waals surface area contributed by atoms with Crippen molar-refractivity contribution in [1.29, 1.82) is 0 Å². The van der Waals surface area contributed by atoms with Gasteiger partial charge in [0.05, 0.1) is 21.3 Å². The third-order valence-corrected chi connectivity index (χ3v) is 8.67. The fourth-order valence-electron chi connectivity index (χ4n) is 5.43. The van der Waals surface area contributed by atoms with Gasteiger partial charge in [0.2, 0.25) is 5.75 Å². The van der Waals surface area contributed by atoms with Crippen LogP contribution in [-0.2, 0) is 54.1 Å². The van der Waals surface area contributed by atoms with Crippen LogP contribution in [0.4, 0.5) is 0 Å². The van der Waals surface area contributed by atoms with Crippen LogP contribution in [0, 0.1) is 0 Å². The van der Waals surface area contributed by atoms with E-state index >= 15 is 0 Å². The number of ether oxygens (including phenoxy) is 8. The number of thioether (sulfide) groups is 1. The third-order valence-electron chi connectivity index (χ3n) is 7.54. The molecule has 274 valence electrons. The topological polar surface area (TPSA) is 175 Å². The number of amidine groups is 1. The minimum absolute atomic E-state index is 0.0606. The van der Waals surface area contributed by atoms with Crippen molar-refractivity contribution in [2.75, 3.05) is 34.5 Å². The van der Waals surface area contributed by atoms with Crippen LogP contribution in [-0.4, -0.2) is 104 Å². The number of carbonyl (C=O) groups excluding carboxylic acids is 5. The lowest BCUT2D eigenvalue weighted by Gasteiger charge is -2.44. The predicted octanol–water partition coefficient (Wildman–Crippen LogP) is 3.31. The number of benzene rings is 2. The Labute approximate surface area is 299 Å². The highest BCUT2D eigenvalue weighted by Gasteiger charge is 2.53. The molecule has 0 bridgehead atoms. The first-order chi connectivity index (χ1) is 24.3. The third kappa shape index (κ3) is 10.0. The highest BCUT2D eigenvalue weighted by molar-refractivity contribution is 8.14. The molecule has 2 aromatic rings. The van der Waals surface area contributed by atoms with Gasteiger partial charge in [0.25, 0.3) is 5.91 Å². The summed E-state index contributed by atoms with van der Waals surface area (Å²) in [4.78, 5) is 68.8. The number of hydrogen-bond donors (Lipinski definition) is 0. The lowest BCUT2D eigenvalue weighted by atomic mass is 9.99. The van der Waals surface area contributed by atoms with Gasteiger partial charge in [-0.05, 0) is 35.8 Å². The molecule has 16 heteroatoms. The van der Waals surface area contributed by atoms with E-state index in [1.807, 2.05) is 30.3 Å². The zero-order chi connectivity index (χ0) is 37.2. The molecule has 0 spiro atoms. The normalized spacial score (nSPS) is 22.1. The summed E-state index contributed by atoms with van der Waals surface area (Å²) in [5.41, 5.74) is 0.351. The summed E-state index contributed by atoms with van der Waals surface area (Å²) in [5, 5.41) is 0.176. The molecule has 15 nitrogen and oxygen atoms in total. The molecule has 2 aliphatic heterocycles. The number of aliphatic imine (C=N–C) groups is 1. The van der Waals surface area contributed by atoms with Crippen molar-refractivity contribution in [2.24, 2.45) is 4.99 Å². The van der Waals surface area contributed by atoms with Crippen molar-refractivity contribution in [3.05, 3.63) is 59.3 Å². The Hall–Kier alpha value is -5.09. The van der Waals surface area contributed by atoms with Crippen molar-refractivity contribution in [3.63, 3.8) is 0 Å². The molecule has 51 heavy (non-hydrogen) atoms. The maximum Gasteiger partial charge on any atom is 0.303 e. The molecule has 1 amide bonds. The van der Waals surface area contributed by atoms with Gasteiger partial charge >= 0.3 is 23.9 Å². The SMILES string of the molecule is COc1cc(/C=C2\N=C(S[C@@H]3O[C@H](COC(C)=O)[C@@H](OC(C)=O)[C@H](OC(C)=O)[C@H]3OC(C)=O)N(CCc3ccccc3)C2=O)cc(OC)c1OC. The van der Waals surface area contributed by atoms with E-state index in [0.717, 1.165) is 38.1 Å². The van der Waals surface area contributed by atoms with E-state index in [1.54, 1.807) is 18.2 Å². The molecule has 0 aromatic heterocycles. The minimum Gasteiger partial charge on any atom is -0.493 e. The van der Waals surface area contributed by atoms with Gasteiger partial charge in [-0.3, -0.25) is 28.9 Å². The Morgan fingerprint density at radius 1 is 0.824 bits per heavy atom. The number of esters is 4. The average molecular weight is 729 g/mol. The Bertz CT molecular complexity index is 1650. The highest BCUT2D eigenvalue weighted by Crippen LogP contribution is 2.40. The lowest BCUT2D eigenvalue weighted by Crippen LogP contribution is -2.61. The fourth-order valence-corrected chi connectivity index (χ4v) is 6.64. The molecule has 2 aromatic carbocycles. The highest BCUT2D eigenvalue weighted by atomic mass is 32.2. The smallest absolute Gasteiger partial charge is 0.303 e. The van der Waals surface area contributed by atoms with Crippen LogP contribution in [0.3, 0.4) is 0 Å². The monoisotopic (exact) mass is 728 g/mol. The molecular weight excluding hydrogens is 688 g/mol. The zero-order valence-corrected chi connectivity index (χ0v) is 30.1. The second kappa shape index (κ2) is 17.7. The second-order valence-corrected chi connectivity index (χ2v) is 12.3. The quantitative estimate of drug-likeness (QED) is 0.167. The molecule has 2 aliphatic rings. The van der Waals surface area contributed by atoms with Crippen molar-refractivity contribution < 1.29 is 61.9 Å².